The molecule has 0 bridgehead atoms. The lowest BCUT2D eigenvalue weighted by molar-refractivity contribution is 0.799. The molecule has 2 heterocycles. The van der Waals surface area contributed by atoms with Crippen molar-refractivity contribution in [2.45, 2.75) is 39.5 Å². The van der Waals surface area contributed by atoms with Crippen molar-refractivity contribution < 1.29 is 0 Å². The normalized spacial score (nSPS) is 11.1. The van der Waals surface area contributed by atoms with Crippen LogP contribution in [0.3, 0.4) is 0 Å². The summed E-state index contributed by atoms with van der Waals surface area (Å²) >= 11 is 1.84. The zero-order valence-electron chi connectivity index (χ0n) is 10.1. The first-order valence-corrected chi connectivity index (χ1v) is 6.91. The quantitative estimate of drug-likeness (QED) is 0.748. The summed E-state index contributed by atoms with van der Waals surface area (Å²) in [6, 6.07) is 2.24. The summed E-state index contributed by atoms with van der Waals surface area (Å²) in [5.74, 6) is 0. The molecular weight excluding hydrogens is 214 g/mol. The van der Waals surface area contributed by atoms with Crippen molar-refractivity contribution >= 4 is 27.1 Å². The molecule has 0 aliphatic carbocycles. The fourth-order valence-corrected chi connectivity index (χ4v) is 2.88. The van der Waals surface area contributed by atoms with Gasteiger partial charge < -0.3 is 4.98 Å². The number of hydrogen-bond acceptors (Lipinski definition) is 1. The maximum atomic E-state index is 4.08. The summed E-state index contributed by atoms with van der Waals surface area (Å²) in [4.78, 5) is 3.51. The molecule has 0 aromatic carbocycles. The Kier molecular flexibility index (Phi) is 3.49. The smallest absolute Gasteiger partial charge is 0.0600 e. The number of rotatable bonds is 5. The minimum atomic E-state index is 1.01. The van der Waals surface area contributed by atoms with Crippen molar-refractivity contribution in [3.63, 3.8) is 0 Å². The highest BCUT2D eigenvalue weighted by atomic mass is 32.1. The van der Waals surface area contributed by atoms with Gasteiger partial charge in [0.2, 0.25) is 0 Å². The Morgan fingerprint density at radius 3 is 2.94 bits per heavy atom. The number of unbranched alkanes of at least 4 members (excludes halogenated alkanes) is 1. The van der Waals surface area contributed by atoms with Crippen molar-refractivity contribution in [3.8, 4) is 0 Å². The van der Waals surface area contributed by atoms with Gasteiger partial charge in [0.25, 0.3) is 0 Å². The Hall–Kier alpha value is -1.02. The van der Waals surface area contributed by atoms with Gasteiger partial charge in [0.05, 0.1) is 10.2 Å². The first-order valence-electron chi connectivity index (χ1n) is 6.03. The van der Waals surface area contributed by atoms with E-state index in [1.54, 1.807) is 0 Å². The third kappa shape index (κ3) is 2.07. The molecule has 2 aromatic heterocycles. The maximum absolute atomic E-state index is 4.08. The fraction of sp³-hybridized carbons (Fsp3) is 0.429. The predicted molar refractivity (Wildman–Crippen MR) is 74.1 cm³/mol. The van der Waals surface area contributed by atoms with Crippen LogP contribution in [0.15, 0.2) is 18.0 Å². The van der Waals surface area contributed by atoms with E-state index < -0.39 is 0 Å². The molecule has 0 saturated heterocycles. The number of fused-ring (bicyclic) bond motifs is 1. The maximum Gasteiger partial charge on any atom is 0.0600 e. The molecule has 1 N–H and O–H groups in total. The summed E-state index contributed by atoms with van der Waals surface area (Å²) in [7, 11) is 0. The topological polar surface area (TPSA) is 15.8 Å². The Balaban J connectivity index is 2.31. The SMILES string of the molecule is C=C(CC)c1cc2scc(CCCC)c2[nH]1. The van der Waals surface area contributed by atoms with E-state index in [4.69, 9.17) is 0 Å². The first-order chi connectivity index (χ1) is 7.76. The average molecular weight is 233 g/mol. The highest BCUT2D eigenvalue weighted by Gasteiger charge is 2.08. The summed E-state index contributed by atoms with van der Waals surface area (Å²) in [5, 5.41) is 2.29. The Bertz CT molecular complexity index is 490. The van der Waals surface area contributed by atoms with E-state index in [2.05, 4.69) is 36.9 Å². The molecule has 0 atom stereocenters. The minimum absolute atomic E-state index is 1.01. The Morgan fingerprint density at radius 2 is 2.25 bits per heavy atom. The van der Waals surface area contributed by atoms with E-state index >= 15 is 0 Å². The number of aryl methyl sites for hydroxylation is 1. The molecule has 0 spiro atoms. The van der Waals surface area contributed by atoms with Crippen LogP contribution in [-0.2, 0) is 6.42 Å². The predicted octanol–water partition coefficient (Wildman–Crippen LogP) is 5.00. The number of aromatic amines is 1. The van der Waals surface area contributed by atoms with Crippen molar-refractivity contribution in [2.24, 2.45) is 0 Å². The van der Waals surface area contributed by atoms with E-state index in [9.17, 15) is 0 Å². The van der Waals surface area contributed by atoms with Gasteiger partial charge in [-0.15, -0.1) is 11.3 Å². The third-order valence-corrected chi connectivity index (χ3v) is 4.02. The van der Waals surface area contributed by atoms with Crippen molar-refractivity contribution in [1.82, 2.24) is 4.98 Å². The van der Waals surface area contributed by atoms with Crippen molar-refractivity contribution in [3.05, 3.63) is 29.3 Å². The van der Waals surface area contributed by atoms with Gasteiger partial charge in [-0.3, -0.25) is 0 Å². The standard InChI is InChI=1S/C14H19NS/c1-4-6-7-11-9-16-13-8-12(10(3)5-2)15-14(11)13/h8-9,15H,3-7H2,1-2H3. The van der Waals surface area contributed by atoms with Gasteiger partial charge in [0, 0.05) is 5.69 Å². The highest BCUT2D eigenvalue weighted by molar-refractivity contribution is 7.17. The summed E-state index contributed by atoms with van der Waals surface area (Å²) in [6.07, 6.45) is 4.73. The molecule has 0 fully saturated rings. The second kappa shape index (κ2) is 4.88. The lowest BCUT2D eigenvalue weighted by Crippen LogP contribution is -1.84. The monoisotopic (exact) mass is 233 g/mol. The Morgan fingerprint density at radius 1 is 1.44 bits per heavy atom. The molecule has 0 unspecified atom stereocenters. The second-order valence-electron chi connectivity index (χ2n) is 4.24. The largest absolute Gasteiger partial charge is 0.354 e. The van der Waals surface area contributed by atoms with Gasteiger partial charge >= 0.3 is 0 Å². The van der Waals surface area contributed by atoms with Crippen LogP contribution in [0.1, 0.15) is 44.4 Å². The zero-order valence-corrected chi connectivity index (χ0v) is 10.9. The van der Waals surface area contributed by atoms with Crippen molar-refractivity contribution in [1.29, 1.82) is 0 Å². The number of allylic oxidation sites excluding steroid dienone is 1. The van der Waals surface area contributed by atoms with Gasteiger partial charge in [0.15, 0.2) is 0 Å². The van der Waals surface area contributed by atoms with Gasteiger partial charge in [0.1, 0.15) is 0 Å². The molecule has 86 valence electrons. The number of nitrogens with one attached hydrogen (secondary N) is 1. The van der Waals surface area contributed by atoms with E-state index in [0.717, 1.165) is 6.42 Å². The number of thiophene rings is 1. The van der Waals surface area contributed by atoms with E-state index in [1.807, 2.05) is 11.3 Å². The summed E-state index contributed by atoms with van der Waals surface area (Å²) < 4.78 is 1.37. The van der Waals surface area contributed by atoms with Crippen LogP contribution in [-0.4, -0.2) is 4.98 Å². The fourth-order valence-electron chi connectivity index (χ4n) is 1.89. The highest BCUT2D eigenvalue weighted by Crippen LogP contribution is 2.30. The number of hydrogen-bond donors (Lipinski definition) is 1. The lowest BCUT2D eigenvalue weighted by atomic mass is 10.1. The van der Waals surface area contributed by atoms with E-state index in [0.29, 0.717) is 0 Å². The molecular formula is C14H19NS. The molecule has 16 heavy (non-hydrogen) atoms. The van der Waals surface area contributed by atoms with E-state index in [-0.39, 0.29) is 0 Å². The number of aromatic nitrogens is 1. The van der Waals surface area contributed by atoms with Gasteiger partial charge in [-0.25, -0.2) is 0 Å². The Labute approximate surface area is 101 Å². The van der Waals surface area contributed by atoms with Crippen LogP contribution in [0.4, 0.5) is 0 Å². The van der Waals surface area contributed by atoms with Gasteiger partial charge in [-0.2, -0.15) is 0 Å². The van der Waals surface area contributed by atoms with Gasteiger partial charge in [-0.1, -0.05) is 26.8 Å². The molecule has 0 aliphatic rings. The van der Waals surface area contributed by atoms with Gasteiger partial charge in [-0.05, 0) is 41.8 Å². The molecule has 0 amide bonds. The molecule has 2 aromatic rings. The molecule has 2 heteroatoms. The molecule has 2 rings (SSSR count). The third-order valence-electron chi connectivity index (χ3n) is 3.04. The second-order valence-corrected chi connectivity index (χ2v) is 5.16. The first kappa shape index (κ1) is 11.5. The molecule has 0 radical (unpaired) electrons. The van der Waals surface area contributed by atoms with Crippen LogP contribution in [0.2, 0.25) is 0 Å². The summed E-state index contributed by atoms with van der Waals surface area (Å²) in [5.41, 5.74) is 5.21. The molecule has 0 aliphatic heterocycles. The van der Waals surface area contributed by atoms with Crippen LogP contribution in [0.25, 0.3) is 15.8 Å². The van der Waals surface area contributed by atoms with Crippen LogP contribution < -0.4 is 0 Å². The molecule has 1 nitrogen and oxygen atoms in total. The average Bonchev–Trinajstić information content (AvgIpc) is 2.85. The lowest BCUT2D eigenvalue weighted by Gasteiger charge is -1.98. The van der Waals surface area contributed by atoms with Crippen LogP contribution in [0, 0.1) is 0 Å². The summed E-state index contributed by atoms with van der Waals surface area (Å²) in [6.45, 7) is 8.47. The van der Waals surface area contributed by atoms with E-state index in [1.165, 1.54) is 46.3 Å². The zero-order chi connectivity index (χ0) is 11.5. The van der Waals surface area contributed by atoms with Crippen LogP contribution in [0.5, 0.6) is 0 Å². The molecule has 0 saturated carbocycles. The van der Waals surface area contributed by atoms with Crippen molar-refractivity contribution in [2.75, 3.05) is 0 Å². The minimum Gasteiger partial charge on any atom is -0.354 e. The number of H-pyrrole nitrogens is 1. The van der Waals surface area contributed by atoms with Crippen LogP contribution >= 0.6 is 11.3 Å².